The van der Waals surface area contributed by atoms with Crippen LogP contribution in [0.1, 0.15) is 16.1 Å². The number of benzene rings is 1. The molecule has 0 bridgehead atoms. The molecule has 110 valence electrons. The van der Waals surface area contributed by atoms with E-state index in [4.69, 9.17) is 11.5 Å². The van der Waals surface area contributed by atoms with Crippen molar-refractivity contribution in [3.8, 4) is 0 Å². The van der Waals surface area contributed by atoms with Gasteiger partial charge in [-0.15, -0.1) is 11.3 Å². The number of carbonyl (C=O) groups excluding carboxylic acids is 2. The average Bonchev–Trinajstić information content (AvgIpc) is 2.86. The Hall–Kier alpha value is -1.93. The Morgan fingerprint density at radius 1 is 1.29 bits per heavy atom. The molecular weight excluding hydrogens is 356 g/mol. The zero-order valence-corrected chi connectivity index (χ0v) is 13.4. The van der Waals surface area contributed by atoms with Crippen molar-refractivity contribution in [3.63, 3.8) is 0 Å². The number of carbonyl (C=O) groups is 2. The summed E-state index contributed by atoms with van der Waals surface area (Å²) in [6, 6.07) is 7.45. The minimum atomic E-state index is -0.580. The first kappa shape index (κ1) is 15.5. The molecule has 4 N–H and O–H groups in total. The quantitative estimate of drug-likeness (QED) is 0.836. The van der Waals surface area contributed by atoms with E-state index in [1.165, 1.54) is 16.2 Å². The highest BCUT2D eigenvalue weighted by atomic mass is 79.9. The number of anilines is 1. The van der Waals surface area contributed by atoms with Crippen molar-refractivity contribution in [2.45, 2.75) is 6.54 Å². The number of aromatic nitrogens is 1. The molecule has 0 saturated heterocycles. The maximum absolute atomic E-state index is 12.4. The molecule has 0 unspecified atom stereocenters. The number of thiazole rings is 1. The van der Waals surface area contributed by atoms with E-state index in [-0.39, 0.29) is 24.7 Å². The van der Waals surface area contributed by atoms with Crippen LogP contribution in [0.2, 0.25) is 0 Å². The van der Waals surface area contributed by atoms with E-state index < -0.39 is 5.91 Å². The van der Waals surface area contributed by atoms with Gasteiger partial charge in [0.05, 0.1) is 0 Å². The van der Waals surface area contributed by atoms with Crippen LogP contribution in [0, 0.1) is 0 Å². The fraction of sp³-hybridized carbons (Fsp3) is 0.154. The van der Waals surface area contributed by atoms with Gasteiger partial charge in [-0.3, -0.25) is 9.59 Å². The summed E-state index contributed by atoms with van der Waals surface area (Å²) in [4.78, 5) is 28.8. The van der Waals surface area contributed by atoms with Crippen LogP contribution in [-0.2, 0) is 11.3 Å². The number of nitrogens with two attached hydrogens (primary N) is 2. The molecule has 0 saturated carbocycles. The van der Waals surface area contributed by atoms with Crippen LogP contribution in [-0.4, -0.2) is 28.2 Å². The zero-order valence-electron chi connectivity index (χ0n) is 11.0. The van der Waals surface area contributed by atoms with E-state index >= 15 is 0 Å². The van der Waals surface area contributed by atoms with Crippen LogP contribution in [0.15, 0.2) is 34.1 Å². The molecule has 1 heterocycles. The number of primary amides is 1. The average molecular weight is 369 g/mol. The van der Waals surface area contributed by atoms with Crippen LogP contribution >= 0.6 is 27.3 Å². The van der Waals surface area contributed by atoms with Crippen LogP contribution in [0.3, 0.4) is 0 Å². The summed E-state index contributed by atoms with van der Waals surface area (Å²) in [6.07, 6.45) is 0. The van der Waals surface area contributed by atoms with Gasteiger partial charge in [-0.1, -0.05) is 28.1 Å². The smallest absolute Gasteiger partial charge is 0.274 e. The third kappa shape index (κ3) is 4.27. The summed E-state index contributed by atoms with van der Waals surface area (Å²) < 4.78 is 0.936. The second-order valence-electron chi connectivity index (χ2n) is 4.32. The minimum absolute atomic E-state index is 0.174. The zero-order chi connectivity index (χ0) is 15.4. The minimum Gasteiger partial charge on any atom is -0.375 e. The summed E-state index contributed by atoms with van der Waals surface area (Å²) in [5, 5.41) is 1.87. The number of nitrogen functional groups attached to an aromatic ring is 1. The maximum atomic E-state index is 12.4. The van der Waals surface area contributed by atoms with Gasteiger partial charge in [0.25, 0.3) is 5.91 Å². The normalized spacial score (nSPS) is 10.3. The third-order valence-corrected chi connectivity index (χ3v) is 3.86. The molecule has 2 rings (SSSR count). The topological polar surface area (TPSA) is 102 Å². The molecule has 0 radical (unpaired) electrons. The lowest BCUT2D eigenvalue weighted by molar-refractivity contribution is -0.118. The predicted octanol–water partition coefficient (Wildman–Crippen LogP) is 1.62. The number of nitrogens with zero attached hydrogens (tertiary/aromatic N) is 2. The Morgan fingerprint density at radius 3 is 2.48 bits per heavy atom. The van der Waals surface area contributed by atoms with Crippen molar-refractivity contribution in [2.75, 3.05) is 12.3 Å². The predicted molar refractivity (Wildman–Crippen MR) is 84.6 cm³/mol. The van der Waals surface area contributed by atoms with E-state index in [1.54, 1.807) is 5.38 Å². The van der Waals surface area contributed by atoms with Gasteiger partial charge >= 0.3 is 0 Å². The van der Waals surface area contributed by atoms with Crippen molar-refractivity contribution in [1.82, 2.24) is 9.88 Å². The lowest BCUT2D eigenvalue weighted by Gasteiger charge is -2.20. The molecule has 0 spiro atoms. The van der Waals surface area contributed by atoms with Crippen molar-refractivity contribution in [1.29, 1.82) is 0 Å². The first-order valence-electron chi connectivity index (χ1n) is 5.98. The van der Waals surface area contributed by atoms with Gasteiger partial charge < -0.3 is 16.4 Å². The molecule has 21 heavy (non-hydrogen) atoms. The molecule has 0 fully saturated rings. The van der Waals surface area contributed by atoms with Gasteiger partial charge in [0.1, 0.15) is 12.2 Å². The molecule has 0 aliphatic carbocycles. The highest BCUT2D eigenvalue weighted by Gasteiger charge is 2.20. The van der Waals surface area contributed by atoms with E-state index in [9.17, 15) is 9.59 Å². The van der Waals surface area contributed by atoms with E-state index in [2.05, 4.69) is 20.9 Å². The molecule has 8 heteroatoms. The van der Waals surface area contributed by atoms with Crippen LogP contribution in [0.5, 0.6) is 0 Å². The molecular formula is C13H13BrN4O2S. The molecule has 1 aromatic heterocycles. The van der Waals surface area contributed by atoms with Gasteiger partial charge in [0.2, 0.25) is 5.91 Å². The van der Waals surface area contributed by atoms with E-state index in [0.717, 1.165) is 10.0 Å². The Balaban J connectivity index is 2.19. The van der Waals surface area contributed by atoms with Crippen LogP contribution in [0.4, 0.5) is 5.13 Å². The third-order valence-electron chi connectivity index (χ3n) is 2.66. The standard InChI is InChI=1S/C13H13BrN4O2S/c14-9-3-1-8(2-4-9)5-18(6-11(15)19)12(20)10-7-21-13(16)17-10/h1-4,7H,5-6H2,(H2,15,19)(H2,16,17). The lowest BCUT2D eigenvalue weighted by atomic mass is 10.2. The fourth-order valence-corrected chi connectivity index (χ4v) is 2.55. The van der Waals surface area contributed by atoms with Gasteiger partial charge in [0.15, 0.2) is 5.13 Å². The molecule has 1 aromatic carbocycles. The first-order chi connectivity index (χ1) is 9.95. The Morgan fingerprint density at radius 2 is 1.95 bits per heavy atom. The summed E-state index contributed by atoms with van der Waals surface area (Å²) >= 11 is 4.52. The van der Waals surface area contributed by atoms with Crippen molar-refractivity contribution in [2.24, 2.45) is 5.73 Å². The SMILES string of the molecule is NC(=O)CN(Cc1ccc(Br)cc1)C(=O)c1csc(N)n1. The van der Waals surface area contributed by atoms with Gasteiger partial charge in [0, 0.05) is 16.4 Å². The molecule has 0 atom stereocenters. The summed E-state index contributed by atoms with van der Waals surface area (Å²) in [6.45, 7) is 0.0960. The van der Waals surface area contributed by atoms with Crippen molar-refractivity contribution < 1.29 is 9.59 Å². The highest BCUT2D eigenvalue weighted by Crippen LogP contribution is 2.16. The largest absolute Gasteiger partial charge is 0.375 e. The maximum Gasteiger partial charge on any atom is 0.274 e. The Bertz CT molecular complexity index is 656. The van der Waals surface area contributed by atoms with Gasteiger partial charge in [-0.05, 0) is 17.7 Å². The van der Waals surface area contributed by atoms with Gasteiger partial charge in [-0.2, -0.15) is 0 Å². The molecule has 0 aliphatic heterocycles. The molecule has 0 aliphatic rings. The van der Waals surface area contributed by atoms with Gasteiger partial charge in [-0.25, -0.2) is 4.98 Å². The summed E-state index contributed by atoms with van der Waals surface area (Å²) in [5.74, 6) is -0.951. The molecule has 2 amide bonds. The Kier molecular flexibility index (Phi) is 4.92. The summed E-state index contributed by atoms with van der Waals surface area (Å²) in [7, 11) is 0. The number of amides is 2. The molecule has 2 aromatic rings. The second kappa shape index (κ2) is 6.68. The number of hydrogen-bond acceptors (Lipinski definition) is 5. The van der Waals surface area contributed by atoms with Crippen molar-refractivity contribution >= 4 is 44.2 Å². The van der Waals surface area contributed by atoms with Crippen LogP contribution < -0.4 is 11.5 Å². The first-order valence-corrected chi connectivity index (χ1v) is 7.66. The van der Waals surface area contributed by atoms with E-state index in [0.29, 0.717) is 5.13 Å². The Labute approximate surface area is 133 Å². The van der Waals surface area contributed by atoms with Crippen molar-refractivity contribution in [3.05, 3.63) is 45.4 Å². The fourth-order valence-electron chi connectivity index (χ4n) is 1.75. The second-order valence-corrected chi connectivity index (χ2v) is 6.13. The number of rotatable bonds is 5. The highest BCUT2D eigenvalue weighted by molar-refractivity contribution is 9.10. The summed E-state index contributed by atoms with van der Waals surface area (Å²) in [5.41, 5.74) is 11.8. The van der Waals surface area contributed by atoms with Crippen LogP contribution in [0.25, 0.3) is 0 Å². The van der Waals surface area contributed by atoms with E-state index in [1.807, 2.05) is 24.3 Å². The lowest BCUT2D eigenvalue weighted by Crippen LogP contribution is -2.38. The number of halogens is 1. The number of hydrogen-bond donors (Lipinski definition) is 2. The monoisotopic (exact) mass is 368 g/mol. The molecule has 6 nitrogen and oxygen atoms in total.